The summed E-state index contributed by atoms with van der Waals surface area (Å²) >= 11 is 11.7. The normalized spacial score (nSPS) is 10.5. The third kappa shape index (κ3) is 3.49. The lowest BCUT2D eigenvalue weighted by Crippen LogP contribution is -2.01. The second kappa shape index (κ2) is 5.63. The van der Waals surface area contributed by atoms with Crippen LogP contribution in [-0.4, -0.2) is 5.11 Å². The Hall–Kier alpha value is -1.52. The molecule has 0 spiro atoms. The molecule has 0 aliphatic carbocycles. The van der Waals surface area contributed by atoms with Gasteiger partial charge < -0.3 is 10.4 Å². The number of hydrogen-bond acceptors (Lipinski definition) is 2. The molecule has 0 aliphatic heterocycles. The van der Waals surface area contributed by atoms with E-state index < -0.39 is 17.4 Å². The molecule has 100 valence electrons. The molecule has 2 aromatic rings. The number of rotatable bonds is 3. The van der Waals surface area contributed by atoms with Crippen LogP contribution in [-0.2, 0) is 6.54 Å². The summed E-state index contributed by atoms with van der Waals surface area (Å²) in [6.07, 6.45) is 0. The second-order valence-electron chi connectivity index (χ2n) is 3.92. The highest BCUT2D eigenvalue weighted by Gasteiger charge is 2.09. The van der Waals surface area contributed by atoms with E-state index in [1.165, 1.54) is 0 Å². The van der Waals surface area contributed by atoms with E-state index in [0.717, 1.165) is 12.1 Å². The van der Waals surface area contributed by atoms with Crippen molar-refractivity contribution in [1.29, 1.82) is 0 Å². The van der Waals surface area contributed by atoms with Crippen LogP contribution >= 0.6 is 23.2 Å². The molecule has 0 bridgehead atoms. The maximum Gasteiger partial charge on any atom is 0.187 e. The van der Waals surface area contributed by atoms with Gasteiger partial charge >= 0.3 is 0 Å². The molecule has 0 saturated heterocycles. The van der Waals surface area contributed by atoms with Gasteiger partial charge in [0.15, 0.2) is 17.4 Å². The minimum absolute atomic E-state index is 0.171. The van der Waals surface area contributed by atoms with Crippen molar-refractivity contribution in [1.82, 2.24) is 0 Å². The van der Waals surface area contributed by atoms with Gasteiger partial charge in [0, 0.05) is 22.3 Å². The van der Waals surface area contributed by atoms with E-state index in [1.54, 1.807) is 18.2 Å². The van der Waals surface area contributed by atoms with Crippen molar-refractivity contribution in [2.75, 3.05) is 5.32 Å². The van der Waals surface area contributed by atoms with Crippen LogP contribution in [0.1, 0.15) is 5.56 Å². The first-order valence-electron chi connectivity index (χ1n) is 5.32. The molecule has 0 radical (unpaired) electrons. The van der Waals surface area contributed by atoms with Crippen molar-refractivity contribution in [3.05, 3.63) is 57.6 Å². The third-order valence-electron chi connectivity index (χ3n) is 2.44. The molecule has 2 aromatic carbocycles. The number of phenols is 1. The predicted molar refractivity (Wildman–Crippen MR) is 71.8 cm³/mol. The van der Waals surface area contributed by atoms with Gasteiger partial charge in [0.2, 0.25) is 0 Å². The molecule has 0 aliphatic rings. The zero-order valence-corrected chi connectivity index (χ0v) is 11.1. The first kappa shape index (κ1) is 13.9. The highest BCUT2D eigenvalue weighted by molar-refractivity contribution is 6.35. The van der Waals surface area contributed by atoms with Gasteiger partial charge in [0.25, 0.3) is 0 Å². The van der Waals surface area contributed by atoms with Crippen molar-refractivity contribution in [3.8, 4) is 5.75 Å². The fourth-order valence-electron chi connectivity index (χ4n) is 1.58. The Morgan fingerprint density at radius 1 is 0.947 bits per heavy atom. The first-order chi connectivity index (χ1) is 8.95. The van der Waals surface area contributed by atoms with Crippen LogP contribution in [0.3, 0.4) is 0 Å². The maximum atomic E-state index is 13.1. The zero-order chi connectivity index (χ0) is 14.0. The molecule has 0 aromatic heterocycles. The van der Waals surface area contributed by atoms with Crippen LogP contribution in [0.15, 0.2) is 30.3 Å². The standard InChI is InChI=1S/C13H9Cl2F2NO/c14-8-3-9(15)5-10(4-8)18-6-7-1-11(16)13(19)12(17)2-7/h1-5,18-19H,6H2. The molecular weight excluding hydrogens is 295 g/mol. The lowest BCUT2D eigenvalue weighted by molar-refractivity contribution is 0.395. The average Bonchev–Trinajstić information content (AvgIpc) is 2.32. The number of halogens is 4. The van der Waals surface area contributed by atoms with Gasteiger partial charge in [-0.1, -0.05) is 23.2 Å². The predicted octanol–water partition coefficient (Wildman–Crippen LogP) is 4.59. The van der Waals surface area contributed by atoms with E-state index in [2.05, 4.69) is 5.32 Å². The van der Waals surface area contributed by atoms with Crippen LogP contribution in [0.25, 0.3) is 0 Å². The molecule has 6 heteroatoms. The Bertz CT molecular complexity index is 576. The smallest absolute Gasteiger partial charge is 0.187 e. The SMILES string of the molecule is Oc1c(F)cc(CNc2cc(Cl)cc(Cl)c2)cc1F. The van der Waals surface area contributed by atoms with E-state index in [9.17, 15) is 8.78 Å². The van der Waals surface area contributed by atoms with E-state index in [-0.39, 0.29) is 6.54 Å². The summed E-state index contributed by atoms with van der Waals surface area (Å²) in [6, 6.07) is 6.96. The van der Waals surface area contributed by atoms with Crippen molar-refractivity contribution < 1.29 is 13.9 Å². The number of hydrogen-bond donors (Lipinski definition) is 2. The molecule has 0 atom stereocenters. The van der Waals surface area contributed by atoms with Gasteiger partial charge in [-0.2, -0.15) is 0 Å². The van der Waals surface area contributed by atoms with Crippen molar-refractivity contribution in [3.63, 3.8) is 0 Å². The minimum atomic E-state index is -0.999. The summed E-state index contributed by atoms with van der Waals surface area (Å²) in [7, 11) is 0. The molecule has 19 heavy (non-hydrogen) atoms. The summed E-state index contributed by atoms with van der Waals surface area (Å²) in [5.74, 6) is -2.98. The van der Waals surface area contributed by atoms with Gasteiger partial charge in [-0.15, -0.1) is 0 Å². The summed E-state index contributed by atoms with van der Waals surface area (Å²) in [6.45, 7) is 0.171. The number of phenolic OH excluding ortho intramolecular Hbond substituents is 1. The van der Waals surface area contributed by atoms with Gasteiger partial charge in [0.1, 0.15) is 0 Å². The van der Waals surface area contributed by atoms with Gasteiger partial charge in [-0.25, -0.2) is 8.78 Å². The first-order valence-corrected chi connectivity index (χ1v) is 6.08. The molecular formula is C13H9Cl2F2NO. The Kier molecular flexibility index (Phi) is 4.12. The number of nitrogens with one attached hydrogen (secondary N) is 1. The zero-order valence-electron chi connectivity index (χ0n) is 9.55. The third-order valence-corrected chi connectivity index (χ3v) is 2.87. The summed E-state index contributed by atoms with van der Waals surface area (Å²) in [5, 5.41) is 12.8. The molecule has 2 nitrogen and oxygen atoms in total. The largest absolute Gasteiger partial charge is 0.503 e. The van der Waals surface area contributed by atoms with Crippen molar-refractivity contribution in [2.45, 2.75) is 6.54 Å². The summed E-state index contributed by atoms with van der Waals surface area (Å²) in [5.41, 5.74) is 0.982. The van der Waals surface area contributed by atoms with Crippen LogP contribution in [0, 0.1) is 11.6 Å². The summed E-state index contributed by atoms with van der Waals surface area (Å²) in [4.78, 5) is 0. The maximum absolute atomic E-state index is 13.1. The van der Waals surface area contributed by atoms with Crippen LogP contribution in [0.2, 0.25) is 10.0 Å². The van der Waals surface area contributed by atoms with Gasteiger partial charge in [0.05, 0.1) is 0 Å². The van der Waals surface area contributed by atoms with Gasteiger partial charge in [-0.3, -0.25) is 0 Å². The Labute approximate surface area is 118 Å². The molecule has 0 unspecified atom stereocenters. The van der Waals surface area contributed by atoms with Crippen molar-refractivity contribution in [2.24, 2.45) is 0 Å². The highest BCUT2D eigenvalue weighted by Crippen LogP contribution is 2.24. The second-order valence-corrected chi connectivity index (χ2v) is 4.79. The van der Waals surface area contributed by atoms with E-state index >= 15 is 0 Å². The van der Waals surface area contributed by atoms with E-state index in [1.807, 2.05) is 0 Å². The van der Waals surface area contributed by atoms with Crippen LogP contribution < -0.4 is 5.32 Å². The molecule has 0 fully saturated rings. The van der Waals surface area contributed by atoms with Crippen LogP contribution in [0.5, 0.6) is 5.75 Å². The fourth-order valence-corrected chi connectivity index (χ4v) is 2.11. The molecule has 2 N–H and O–H groups in total. The van der Waals surface area contributed by atoms with E-state index in [0.29, 0.717) is 21.3 Å². The lowest BCUT2D eigenvalue weighted by atomic mass is 10.2. The van der Waals surface area contributed by atoms with Crippen LogP contribution in [0.4, 0.5) is 14.5 Å². The van der Waals surface area contributed by atoms with E-state index in [4.69, 9.17) is 28.3 Å². The number of anilines is 1. The lowest BCUT2D eigenvalue weighted by Gasteiger charge is -2.08. The summed E-state index contributed by atoms with van der Waals surface area (Å²) < 4.78 is 26.3. The molecule has 0 heterocycles. The van der Waals surface area contributed by atoms with Gasteiger partial charge in [-0.05, 0) is 35.9 Å². The number of benzene rings is 2. The van der Waals surface area contributed by atoms with Crippen molar-refractivity contribution >= 4 is 28.9 Å². The quantitative estimate of drug-likeness (QED) is 0.869. The molecule has 2 rings (SSSR count). The minimum Gasteiger partial charge on any atom is -0.503 e. The topological polar surface area (TPSA) is 32.3 Å². The Morgan fingerprint density at radius 2 is 1.47 bits per heavy atom. The monoisotopic (exact) mass is 303 g/mol. The molecule has 0 amide bonds. The molecule has 0 saturated carbocycles. The fraction of sp³-hybridized carbons (Fsp3) is 0.0769. The number of aromatic hydroxyl groups is 1. The highest BCUT2D eigenvalue weighted by atomic mass is 35.5. The Morgan fingerprint density at radius 3 is 2.00 bits per heavy atom. The average molecular weight is 304 g/mol. The Balaban J connectivity index is 2.14.